The molecule has 1 saturated heterocycles. The van der Waals surface area contributed by atoms with Crippen LogP contribution in [0.3, 0.4) is 0 Å². The summed E-state index contributed by atoms with van der Waals surface area (Å²) in [6.07, 6.45) is 1.71. The molecule has 7 nitrogen and oxygen atoms in total. The molecule has 2 N–H and O–H groups in total. The SMILES string of the molecule is O=C(c1ccccc1NCc1nc(Cc2ccccc2)no1)N1CCCC(O)C1. The minimum atomic E-state index is -0.450. The van der Waals surface area contributed by atoms with Crippen molar-refractivity contribution >= 4 is 11.6 Å². The molecule has 1 aliphatic heterocycles. The number of hydrogen-bond donors (Lipinski definition) is 2. The molecule has 7 heteroatoms. The topological polar surface area (TPSA) is 91.5 Å². The van der Waals surface area contributed by atoms with Crippen LogP contribution in [0.15, 0.2) is 59.1 Å². The van der Waals surface area contributed by atoms with Crippen LogP contribution in [0.4, 0.5) is 5.69 Å². The van der Waals surface area contributed by atoms with E-state index in [0.717, 1.165) is 18.4 Å². The van der Waals surface area contributed by atoms with Crippen molar-refractivity contribution in [3.8, 4) is 0 Å². The summed E-state index contributed by atoms with van der Waals surface area (Å²) in [4.78, 5) is 19.0. The Labute approximate surface area is 169 Å². The van der Waals surface area contributed by atoms with E-state index >= 15 is 0 Å². The van der Waals surface area contributed by atoms with Crippen molar-refractivity contribution in [3.05, 3.63) is 77.4 Å². The van der Waals surface area contributed by atoms with Crippen LogP contribution in [0.25, 0.3) is 0 Å². The van der Waals surface area contributed by atoms with Crippen LogP contribution in [-0.4, -0.2) is 45.2 Å². The normalized spacial score (nSPS) is 16.6. The lowest BCUT2D eigenvalue weighted by Crippen LogP contribution is -2.42. The highest BCUT2D eigenvalue weighted by Crippen LogP contribution is 2.21. The van der Waals surface area contributed by atoms with Crippen LogP contribution < -0.4 is 5.32 Å². The molecular formula is C22H24N4O3. The van der Waals surface area contributed by atoms with Crippen molar-refractivity contribution in [1.29, 1.82) is 0 Å². The first-order valence-corrected chi connectivity index (χ1v) is 9.84. The number of aliphatic hydroxyl groups is 1. The van der Waals surface area contributed by atoms with Gasteiger partial charge in [-0.2, -0.15) is 4.98 Å². The summed E-state index contributed by atoms with van der Waals surface area (Å²) >= 11 is 0. The van der Waals surface area contributed by atoms with Crippen LogP contribution in [0.1, 0.15) is 40.5 Å². The summed E-state index contributed by atoms with van der Waals surface area (Å²) in [5, 5.41) is 17.1. The van der Waals surface area contributed by atoms with E-state index in [0.29, 0.717) is 49.0 Å². The highest BCUT2D eigenvalue weighted by molar-refractivity contribution is 5.99. The van der Waals surface area contributed by atoms with Gasteiger partial charge in [0.05, 0.1) is 18.2 Å². The monoisotopic (exact) mass is 392 g/mol. The number of anilines is 1. The molecule has 1 aliphatic rings. The number of aliphatic hydroxyl groups excluding tert-OH is 1. The molecule has 0 radical (unpaired) electrons. The molecule has 1 unspecified atom stereocenters. The molecule has 2 aromatic carbocycles. The summed E-state index contributed by atoms with van der Waals surface area (Å²) in [5.41, 5.74) is 2.40. The van der Waals surface area contributed by atoms with Crippen molar-refractivity contribution in [3.63, 3.8) is 0 Å². The number of nitrogens with zero attached hydrogens (tertiary/aromatic N) is 3. The van der Waals surface area contributed by atoms with E-state index in [2.05, 4.69) is 15.5 Å². The second-order valence-electron chi connectivity index (χ2n) is 7.21. The predicted octanol–water partition coefficient (Wildman–Crippen LogP) is 2.87. The fraction of sp³-hybridized carbons (Fsp3) is 0.318. The van der Waals surface area contributed by atoms with Crippen molar-refractivity contribution in [2.45, 2.75) is 31.9 Å². The lowest BCUT2D eigenvalue weighted by atomic mass is 10.1. The van der Waals surface area contributed by atoms with E-state index in [-0.39, 0.29) is 5.91 Å². The molecule has 2 heterocycles. The number of benzene rings is 2. The summed E-state index contributed by atoms with van der Waals surface area (Å²) in [7, 11) is 0. The first-order valence-electron chi connectivity index (χ1n) is 9.84. The first kappa shape index (κ1) is 19.1. The number of carbonyl (C=O) groups excluding carboxylic acids is 1. The van der Waals surface area contributed by atoms with Crippen molar-refractivity contribution < 1.29 is 14.4 Å². The number of β-amino-alcohol motifs (C(OH)–C–C–N with tert-alkyl or cyclic N) is 1. The molecule has 0 aliphatic carbocycles. The molecule has 0 spiro atoms. The number of likely N-dealkylation sites (tertiary alicyclic amines) is 1. The Bertz CT molecular complexity index is 957. The van der Waals surface area contributed by atoms with Gasteiger partial charge >= 0.3 is 0 Å². The number of carbonyl (C=O) groups is 1. The van der Waals surface area contributed by atoms with Gasteiger partial charge in [-0.05, 0) is 30.5 Å². The molecular weight excluding hydrogens is 368 g/mol. The molecule has 1 aromatic heterocycles. The van der Waals surface area contributed by atoms with E-state index in [9.17, 15) is 9.90 Å². The van der Waals surface area contributed by atoms with Crippen LogP contribution >= 0.6 is 0 Å². The van der Waals surface area contributed by atoms with E-state index < -0.39 is 6.10 Å². The van der Waals surface area contributed by atoms with Crippen LogP contribution in [0.2, 0.25) is 0 Å². The van der Waals surface area contributed by atoms with Gasteiger partial charge in [0.15, 0.2) is 5.82 Å². The third-order valence-electron chi connectivity index (χ3n) is 4.99. The molecule has 29 heavy (non-hydrogen) atoms. The number of piperidine rings is 1. The largest absolute Gasteiger partial charge is 0.391 e. The van der Waals surface area contributed by atoms with E-state index in [1.54, 1.807) is 11.0 Å². The lowest BCUT2D eigenvalue weighted by molar-refractivity contribution is 0.0474. The number of aromatic nitrogens is 2. The van der Waals surface area contributed by atoms with E-state index in [1.807, 2.05) is 48.5 Å². The maximum absolute atomic E-state index is 12.9. The van der Waals surface area contributed by atoms with Crippen molar-refractivity contribution in [2.75, 3.05) is 18.4 Å². The minimum absolute atomic E-state index is 0.0813. The number of rotatable bonds is 6. The molecule has 1 amide bonds. The Morgan fingerprint density at radius 1 is 1.17 bits per heavy atom. The number of para-hydroxylation sites is 1. The maximum Gasteiger partial charge on any atom is 0.256 e. The summed E-state index contributed by atoms with van der Waals surface area (Å²) in [6, 6.07) is 17.3. The van der Waals surface area contributed by atoms with E-state index in [1.165, 1.54) is 0 Å². The average molecular weight is 392 g/mol. The lowest BCUT2D eigenvalue weighted by Gasteiger charge is -2.30. The molecule has 1 fully saturated rings. The predicted molar refractivity (Wildman–Crippen MR) is 108 cm³/mol. The Hall–Kier alpha value is -3.19. The van der Waals surface area contributed by atoms with Crippen molar-refractivity contribution in [2.24, 2.45) is 0 Å². The van der Waals surface area contributed by atoms with Gasteiger partial charge in [0, 0.05) is 25.2 Å². The number of hydrogen-bond acceptors (Lipinski definition) is 6. The molecule has 0 bridgehead atoms. The molecule has 1 atom stereocenters. The quantitative estimate of drug-likeness (QED) is 0.670. The third-order valence-corrected chi connectivity index (χ3v) is 4.99. The molecule has 4 rings (SSSR count). The molecule has 150 valence electrons. The average Bonchev–Trinajstić information content (AvgIpc) is 3.20. The van der Waals surface area contributed by atoms with Gasteiger partial charge in [-0.3, -0.25) is 4.79 Å². The fourth-order valence-corrected chi connectivity index (χ4v) is 3.52. The zero-order chi connectivity index (χ0) is 20.1. The number of nitrogens with one attached hydrogen (secondary N) is 1. The Kier molecular flexibility index (Phi) is 5.86. The highest BCUT2D eigenvalue weighted by atomic mass is 16.5. The fourth-order valence-electron chi connectivity index (χ4n) is 3.52. The smallest absolute Gasteiger partial charge is 0.256 e. The Morgan fingerprint density at radius 3 is 2.79 bits per heavy atom. The van der Waals surface area contributed by atoms with Crippen molar-refractivity contribution in [1.82, 2.24) is 15.0 Å². The van der Waals surface area contributed by atoms with Crippen LogP contribution in [-0.2, 0) is 13.0 Å². The Balaban J connectivity index is 1.41. The van der Waals surface area contributed by atoms with Gasteiger partial charge in [-0.25, -0.2) is 0 Å². The van der Waals surface area contributed by atoms with Gasteiger partial charge in [0.1, 0.15) is 0 Å². The zero-order valence-corrected chi connectivity index (χ0v) is 16.1. The van der Waals surface area contributed by atoms with Crippen LogP contribution in [0.5, 0.6) is 0 Å². The molecule has 3 aromatic rings. The summed E-state index contributed by atoms with van der Waals surface area (Å²) in [5.74, 6) is 1.01. The van der Waals surface area contributed by atoms with Gasteiger partial charge in [0.2, 0.25) is 5.89 Å². The summed E-state index contributed by atoms with van der Waals surface area (Å²) in [6.45, 7) is 1.37. The second kappa shape index (κ2) is 8.87. The first-order chi connectivity index (χ1) is 14.2. The molecule has 0 saturated carbocycles. The van der Waals surface area contributed by atoms with E-state index in [4.69, 9.17) is 4.52 Å². The highest BCUT2D eigenvalue weighted by Gasteiger charge is 2.24. The van der Waals surface area contributed by atoms with Crippen LogP contribution in [0, 0.1) is 0 Å². The standard InChI is InChI=1S/C22H24N4O3/c27-17-9-6-12-26(15-17)22(28)18-10-4-5-11-19(18)23-14-21-24-20(25-29-21)13-16-7-2-1-3-8-16/h1-5,7-8,10-11,17,23,27H,6,9,12-15H2. The number of amides is 1. The Morgan fingerprint density at radius 2 is 1.97 bits per heavy atom. The minimum Gasteiger partial charge on any atom is -0.391 e. The van der Waals surface area contributed by atoms with Gasteiger partial charge < -0.3 is 19.8 Å². The zero-order valence-electron chi connectivity index (χ0n) is 16.1. The van der Waals surface area contributed by atoms with Gasteiger partial charge in [0.25, 0.3) is 5.91 Å². The summed E-state index contributed by atoms with van der Waals surface area (Å²) < 4.78 is 5.34. The van der Waals surface area contributed by atoms with Gasteiger partial charge in [-0.15, -0.1) is 0 Å². The van der Waals surface area contributed by atoms with Gasteiger partial charge in [-0.1, -0.05) is 47.6 Å². The third kappa shape index (κ3) is 4.81. The maximum atomic E-state index is 12.9. The second-order valence-corrected chi connectivity index (χ2v) is 7.21.